The number of nitrogens with one attached hydrogen (secondary N) is 1. The van der Waals surface area contributed by atoms with Gasteiger partial charge in [0, 0.05) is 13.1 Å². The minimum absolute atomic E-state index is 0.126. The van der Waals surface area contributed by atoms with Crippen LogP contribution in [-0.2, 0) is 9.59 Å². The Morgan fingerprint density at radius 2 is 2.04 bits per heavy atom. The van der Waals surface area contributed by atoms with Crippen molar-refractivity contribution in [3.05, 3.63) is 29.8 Å². The number of rotatable bonds is 6. The molecule has 0 bridgehead atoms. The van der Waals surface area contributed by atoms with Crippen LogP contribution in [0.25, 0.3) is 0 Å². The van der Waals surface area contributed by atoms with Gasteiger partial charge in [-0.05, 0) is 44.0 Å². The van der Waals surface area contributed by atoms with Gasteiger partial charge in [0.15, 0.2) is 6.10 Å². The highest BCUT2D eigenvalue weighted by molar-refractivity contribution is 7.13. The van der Waals surface area contributed by atoms with Gasteiger partial charge < -0.3 is 19.7 Å². The highest BCUT2D eigenvalue weighted by Crippen LogP contribution is 2.22. The van der Waals surface area contributed by atoms with Crippen molar-refractivity contribution in [3.8, 4) is 11.5 Å². The summed E-state index contributed by atoms with van der Waals surface area (Å²) in [6.07, 6.45) is 0.875. The van der Waals surface area contributed by atoms with Crippen LogP contribution in [-0.4, -0.2) is 53.2 Å². The Bertz CT molecular complexity index is 766. The van der Waals surface area contributed by atoms with E-state index >= 15 is 0 Å². The van der Waals surface area contributed by atoms with Crippen LogP contribution >= 0.6 is 11.3 Å². The molecule has 2 heterocycles. The Hall–Kier alpha value is -2.68. The first-order valence-corrected chi connectivity index (χ1v) is 9.61. The summed E-state index contributed by atoms with van der Waals surface area (Å²) in [4.78, 5) is 26.8. The molecule has 3 rings (SSSR count). The number of nitrogens with zero attached hydrogens (tertiary/aromatic N) is 3. The fourth-order valence-electron chi connectivity index (χ4n) is 2.99. The van der Waals surface area contributed by atoms with Crippen LogP contribution in [0.2, 0.25) is 0 Å². The third-order valence-corrected chi connectivity index (χ3v) is 5.02. The van der Waals surface area contributed by atoms with Crippen LogP contribution in [0.3, 0.4) is 0 Å². The lowest BCUT2D eigenvalue weighted by atomic mass is 9.97. The van der Waals surface area contributed by atoms with Gasteiger partial charge in [-0.2, -0.15) is 0 Å². The number of aromatic nitrogens is 2. The predicted molar refractivity (Wildman–Crippen MR) is 101 cm³/mol. The standard InChI is InChI=1S/C18H22N4O4S/c1-12(26-15-7-5-14(25-2)6-8-15)17(24)22-9-3-4-13(10-22)16(23)20-18-21-19-11-27-18/h5-8,11-13H,3-4,9-10H2,1-2H3,(H,20,21,23)/t12-,13+/m0/s1. The summed E-state index contributed by atoms with van der Waals surface area (Å²) in [6.45, 7) is 2.72. The van der Waals surface area contributed by atoms with Gasteiger partial charge in [-0.1, -0.05) is 11.3 Å². The molecule has 9 heteroatoms. The van der Waals surface area contributed by atoms with E-state index < -0.39 is 6.10 Å². The number of anilines is 1. The Kier molecular flexibility index (Phi) is 6.23. The number of methoxy groups -OCH3 is 1. The summed E-state index contributed by atoms with van der Waals surface area (Å²) >= 11 is 1.27. The topological polar surface area (TPSA) is 93.7 Å². The summed E-state index contributed by atoms with van der Waals surface area (Å²) < 4.78 is 10.9. The Morgan fingerprint density at radius 3 is 2.70 bits per heavy atom. The number of benzene rings is 1. The number of carbonyl (C=O) groups is 2. The highest BCUT2D eigenvalue weighted by atomic mass is 32.1. The average molecular weight is 390 g/mol. The molecule has 1 N–H and O–H groups in total. The zero-order valence-corrected chi connectivity index (χ0v) is 16.1. The van der Waals surface area contributed by atoms with Crippen LogP contribution in [0.4, 0.5) is 5.13 Å². The minimum atomic E-state index is -0.636. The molecule has 2 atom stereocenters. The number of ether oxygens (including phenoxy) is 2. The van der Waals surface area contributed by atoms with E-state index in [4.69, 9.17) is 9.47 Å². The molecule has 0 saturated carbocycles. The second-order valence-corrected chi connectivity index (χ2v) is 7.13. The molecule has 1 fully saturated rings. The summed E-state index contributed by atoms with van der Waals surface area (Å²) in [5.74, 6) is 0.799. The monoisotopic (exact) mass is 390 g/mol. The fraction of sp³-hybridized carbons (Fsp3) is 0.444. The quantitative estimate of drug-likeness (QED) is 0.813. The van der Waals surface area contributed by atoms with Crippen LogP contribution in [0.15, 0.2) is 29.8 Å². The maximum absolute atomic E-state index is 12.7. The van der Waals surface area contributed by atoms with Gasteiger partial charge >= 0.3 is 0 Å². The molecule has 0 aliphatic carbocycles. The Labute approximate surface area is 161 Å². The van der Waals surface area contributed by atoms with Crippen LogP contribution in [0.5, 0.6) is 11.5 Å². The molecule has 0 radical (unpaired) electrons. The van der Waals surface area contributed by atoms with Gasteiger partial charge in [0.25, 0.3) is 5.91 Å². The largest absolute Gasteiger partial charge is 0.497 e. The number of hydrogen-bond acceptors (Lipinski definition) is 7. The van der Waals surface area contributed by atoms with E-state index in [1.165, 1.54) is 11.3 Å². The van der Waals surface area contributed by atoms with Crippen molar-refractivity contribution < 1.29 is 19.1 Å². The zero-order chi connectivity index (χ0) is 19.2. The van der Waals surface area contributed by atoms with E-state index in [0.717, 1.165) is 18.6 Å². The van der Waals surface area contributed by atoms with E-state index in [1.54, 1.807) is 48.7 Å². The summed E-state index contributed by atoms with van der Waals surface area (Å²) in [6, 6.07) is 7.08. The van der Waals surface area contributed by atoms with E-state index in [9.17, 15) is 9.59 Å². The summed E-state index contributed by atoms with van der Waals surface area (Å²) in [5, 5.41) is 10.7. The molecular formula is C18H22N4O4S. The van der Waals surface area contributed by atoms with Crippen molar-refractivity contribution in [2.45, 2.75) is 25.9 Å². The van der Waals surface area contributed by atoms with Gasteiger partial charge in [0.2, 0.25) is 11.0 Å². The second kappa shape index (κ2) is 8.81. The highest BCUT2D eigenvalue weighted by Gasteiger charge is 2.31. The van der Waals surface area contributed by atoms with E-state index in [1.807, 2.05) is 0 Å². The first-order chi connectivity index (χ1) is 13.1. The average Bonchev–Trinajstić information content (AvgIpc) is 3.21. The molecule has 8 nitrogen and oxygen atoms in total. The fourth-order valence-corrected chi connectivity index (χ4v) is 3.44. The molecule has 27 heavy (non-hydrogen) atoms. The number of hydrogen-bond donors (Lipinski definition) is 1. The van der Waals surface area contributed by atoms with E-state index in [2.05, 4.69) is 15.5 Å². The molecule has 2 amide bonds. The third kappa shape index (κ3) is 4.94. The number of likely N-dealkylation sites (tertiary alicyclic amines) is 1. The van der Waals surface area contributed by atoms with Crippen molar-refractivity contribution in [2.24, 2.45) is 5.92 Å². The van der Waals surface area contributed by atoms with Crippen molar-refractivity contribution in [1.29, 1.82) is 0 Å². The second-order valence-electron chi connectivity index (χ2n) is 6.29. The Morgan fingerprint density at radius 1 is 1.30 bits per heavy atom. The molecule has 1 aliphatic rings. The smallest absolute Gasteiger partial charge is 0.263 e. The molecule has 0 spiro atoms. The maximum atomic E-state index is 12.7. The summed E-state index contributed by atoms with van der Waals surface area (Å²) in [5.41, 5.74) is 1.56. The molecule has 2 aromatic rings. The number of carbonyl (C=O) groups excluding carboxylic acids is 2. The molecule has 1 aromatic carbocycles. The lowest BCUT2D eigenvalue weighted by Crippen LogP contribution is -2.48. The van der Waals surface area contributed by atoms with Crippen molar-refractivity contribution in [3.63, 3.8) is 0 Å². The first-order valence-electron chi connectivity index (χ1n) is 8.73. The van der Waals surface area contributed by atoms with Crippen LogP contribution in [0, 0.1) is 5.92 Å². The van der Waals surface area contributed by atoms with Crippen molar-refractivity contribution in [2.75, 3.05) is 25.5 Å². The SMILES string of the molecule is COc1ccc(O[C@@H](C)C(=O)N2CCC[C@@H](C(=O)Nc3nncs3)C2)cc1. The first kappa shape index (κ1) is 19.1. The van der Waals surface area contributed by atoms with Gasteiger partial charge in [-0.3, -0.25) is 9.59 Å². The molecule has 1 aromatic heterocycles. The summed E-state index contributed by atoms with van der Waals surface area (Å²) in [7, 11) is 1.59. The molecule has 1 saturated heterocycles. The lowest BCUT2D eigenvalue weighted by Gasteiger charge is -2.33. The number of amides is 2. The maximum Gasteiger partial charge on any atom is 0.263 e. The van der Waals surface area contributed by atoms with Gasteiger partial charge in [0.05, 0.1) is 13.0 Å². The van der Waals surface area contributed by atoms with Crippen LogP contribution < -0.4 is 14.8 Å². The van der Waals surface area contributed by atoms with Crippen LogP contribution in [0.1, 0.15) is 19.8 Å². The molecule has 1 aliphatic heterocycles. The number of piperidine rings is 1. The normalized spacial score (nSPS) is 17.9. The van der Waals surface area contributed by atoms with E-state index in [0.29, 0.717) is 24.0 Å². The molecule has 144 valence electrons. The zero-order valence-electron chi connectivity index (χ0n) is 15.3. The molecular weight excluding hydrogens is 368 g/mol. The van der Waals surface area contributed by atoms with E-state index in [-0.39, 0.29) is 17.7 Å². The lowest BCUT2D eigenvalue weighted by molar-refractivity contribution is -0.140. The molecule has 0 unspecified atom stereocenters. The van der Waals surface area contributed by atoms with Gasteiger partial charge in [-0.25, -0.2) is 0 Å². The van der Waals surface area contributed by atoms with Gasteiger partial charge in [0.1, 0.15) is 17.0 Å². The minimum Gasteiger partial charge on any atom is -0.497 e. The Balaban J connectivity index is 1.55. The van der Waals surface area contributed by atoms with Gasteiger partial charge in [-0.15, -0.1) is 10.2 Å². The van der Waals surface area contributed by atoms with Crippen molar-refractivity contribution >= 4 is 28.3 Å². The van der Waals surface area contributed by atoms with Crippen molar-refractivity contribution in [1.82, 2.24) is 15.1 Å². The predicted octanol–water partition coefficient (Wildman–Crippen LogP) is 2.19. The third-order valence-electron chi connectivity index (χ3n) is 4.41.